The summed E-state index contributed by atoms with van der Waals surface area (Å²) < 4.78 is 10.7. The quantitative estimate of drug-likeness (QED) is 0.779. The second-order valence-electron chi connectivity index (χ2n) is 5.18. The lowest BCUT2D eigenvalue weighted by atomic mass is 10.2. The van der Waals surface area contributed by atoms with Crippen LogP contribution >= 0.6 is 0 Å². The highest BCUT2D eigenvalue weighted by Gasteiger charge is 2.17. The number of amides is 2. The summed E-state index contributed by atoms with van der Waals surface area (Å²) in [4.78, 5) is 25.3. The molecule has 0 aromatic heterocycles. The number of carbonyl (C=O) groups is 2. The number of nitrogens with zero attached hydrogens (tertiary/aromatic N) is 1. The third kappa shape index (κ3) is 5.75. The Morgan fingerprint density at radius 3 is 2.61 bits per heavy atom. The smallest absolute Gasteiger partial charge is 0.260 e. The second kappa shape index (κ2) is 8.95. The first kappa shape index (κ1) is 17.0. The number of benzene rings is 1. The second-order valence-corrected chi connectivity index (χ2v) is 5.18. The minimum absolute atomic E-state index is 0.00500. The third-order valence-electron chi connectivity index (χ3n) is 3.44. The number of anilines is 1. The molecule has 1 saturated heterocycles. The fourth-order valence-corrected chi connectivity index (χ4v) is 2.14. The maximum Gasteiger partial charge on any atom is 0.260 e. The van der Waals surface area contributed by atoms with E-state index >= 15 is 0 Å². The zero-order valence-electron chi connectivity index (χ0n) is 13.1. The van der Waals surface area contributed by atoms with Crippen molar-refractivity contribution in [2.45, 2.75) is 12.8 Å². The molecular weight excluding hydrogens is 296 g/mol. The lowest BCUT2D eigenvalue weighted by Crippen LogP contribution is -2.42. The summed E-state index contributed by atoms with van der Waals surface area (Å²) in [6.07, 6.45) is 2.77. The van der Waals surface area contributed by atoms with Gasteiger partial charge >= 0.3 is 0 Å². The molecule has 0 bridgehead atoms. The highest BCUT2D eigenvalue weighted by Crippen LogP contribution is 2.16. The Hall–Kier alpha value is -2.34. The third-order valence-corrected chi connectivity index (χ3v) is 3.44. The van der Waals surface area contributed by atoms with Crippen LogP contribution in [0.3, 0.4) is 0 Å². The van der Waals surface area contributed by atoms with Crippen LogP contribution in [0.5, 0.6) is 5.75 Å². The first-order valence-corrected chi connectivity index (χ1v) is 7.68. The SMILES string of the molecule is C=CCCC(=O)Nc1ccc(OCC(=O)N2CCOCC2)cc1. The van der Waals surface area contributed by atoms with E-state index in [9.17, 15) is 9.59 Å². The van der Waals surface area contributed by atoms with Gasteiger partial charge in [0.05, 0.1) is 13.2 Å². The normalized spacial score (nSPS) is 14.2. The first-order chi connectivity index (χ1) is 11.2. The summed E-state index contributed by atoms with van der Waals surface area (Å²) in [5.41, 5.74) is 0.700. The molecule has 1 aliphatic heterocycles. The molecule has 1 aromatic carbocycles. The standard InChI is InChI=1S/C17H22N2O4/c1-2-3-4-16(20)18-14-5-7-15(8-6-14)23-13-17(21)19-9-11-22-12-10-19/h2,5-8H,1,3-4,9-13H2,(H,18,20). The Morgan fingerprint density at radius 1 is 1.26 bits per heavy atom. The van der Waals surface area contributed by atoms with Gasteiger partial charge in [-0.1, -0.05) is 6.08 Å². The predicted octanol–water partition coefficient (Wildman–Crippen LogP) is 1.83. The van der Waals surface area contributed by atoms with Crippen LogP contribution in [0.1, 0.15) is 12.8 Å². The van der Waals surface area contributed by atoms with Crippen LogP contribution < -0.4 is 10.1 Å². The molecule has 1 N–H and O–H groups in total. The highest BCUT2D eigenvalue weighted by molar-refractivity contribution is 5.90. The largest absolute Gasteiger partial charge is 0.484 e. The molecule has 2 amide bonds. The molecule has 1 fully saturated rings. The minimum atomic E-state index is -0.0546. The topological polar surface area (TPSA) is 67.9 Å². The minimum Gasteiger partial charge on any atom is -0.484 e. The van der Waals surface area contributed by atoms with Gasteiger partial charge in [0.15, 0.2) is 6.61 Å². The fraction of sp³-hybridized carbons (Fsp3) is 0.412. The summed E-state index contributed by atoms with van der Waals surface area (Å²) in [6.45, 7) is 5.96. The monoisotopic (exact) mass is 318 g/mol. The molecule has 0 unspecified atom stereocenters. The van der Waals surface area contributed by atoms with E-state index in [1.54, 1.807) is 35.2 Å². The Kier molecular flexibility index (Phi) is 6.62. The molecule has 0 aliphatic carbocycles. The summed E-state index contributed by atoms with van der Waals surface area (Å²) in [5.74, 6) is 0.492. The number of morpholine rings is 1. The number of nitrogens with one attached hydrogen (secondary N) is 1. The predicted molar refractivity (Wildman–Crippen MR) is 87.4 cm³/mol. The molecule has 0 spiro atoms. The van der Waals surface area contributed by atoms with E-state index in [0.29, 0.717) is 50.6 Å². The Balaban J connectivity index is 1.77. The van der Waals surface area contributed by atoms with Crippen LogP contribution in [0.25, 0.3) is 0 Å². The summed E-state index contributed by atoms with van der Waals surface area (Å²) in [6, 6.07) is 6.96. The van der Waals surface area contributed by atoms with Gasteiger partial charge in [0.25, 0.3) is 5.91 Å². The van der Waals surface area contributed by atoms with E-state index in [2.05, 4.69) is 11.9 Å². The molecule has 0 atom stereocenters. The van der Waals surface area contributed by atoms with Gasteiger partial charge in [0.1, 0.15) is 5.75 Å². The van der Waals surface area contributed by atoms with Crippen LogP contribution in [0.15, 0.2) is 36.9 Å². The number of rotatable bonds is 7. The van der Waals surface area contributed by atoms with Crippen molar-refractivity contribution in [3.63, 3.8) is 0 Å². The van der Waals surface area contributed by atoms with Crippen molar-refractivity contribution in [2.75, 3.05) is 38.2 Å². The number of hydrogen-bond acceptors (Lipinski definition) is 4. The van der Waals surface area contributed by atoms with Gasteiger partial charge in [-0.2, -0.15) is 0 Å². The van der Waals surface area contributed by atoms with Crippen molar-refractivity contribution >= 4 is 17.5 Å². The van der Waals surface area contributed by atoms with Crippen molar-refractivity contribution in [3.8, 4) is 5.75 Å². The lowest BCUT2D eigenvalue weighted by molar-refractivity contribution is -0.137. The molecule has 0 saturated carbocycles. The van der Waals surface area contributed by atoms with Crippen molar-refractivity contribution in [1.82, 2.24) is 4.90 Å². The van der Waals surface area contributed by atoms with Gasteiger partial charge < -0.3 is 19.7 Å². The fourth-order valence-electron chi connectivity index (χ4n) is 2.14. The van der Waals surface area contributed by atoms with Crippen LogP contribution in [-0.4, -0.2) is 49.6 Å². The molecule has 0 radical (unpaired) electrons. The van der Waals surface area contributed by atoms with Gasteiger partial charge in [-0.25, -0.2) is 0 Å². The average molecular weight is 318 g/mol. The van der Waals surface area contributed by atoms with E-state index < -0.39 is 0 Å². The molecule has 1 aromatic rings. The first-order valence-electron chi connectivity index (χ1n) is 7.68. The molecule has 6 nitrogen and oxygen atoms in total. The number of hydrogen-bond donors (Lipinski definition) is 1. The molecule has 2 rings (SSSR count). The van der Waals surface area contributed by atoms with E-state index in [0.717, 1.165) is 0 Å². The van der Waals surface area contributed by atoms with Crippen LogP contribution in [-0.2, 0) is 14.3 Å². The Bertz CT molecular complexity index is 536. The van der Waals surface area contributed by atoms with Crippen molar-refractivity contribution in [2.24, 2.45) is 0 Å². The maximum atomic E-state index is 12.0. The summed E-state index contributed by atoms with van der Waals surface area (Å²) >= 11 is 0. The van der Waals surface area contributed by atoms with E-state index in [1.807, 2.05) is 0 Å². The van der Waals surface area contributed by atoms with Crippen LogP contribution in [0.2, 0.25) is 0 Å². The zero-order valence-corrected chi connectivity index (χ0v) is 13.1. The number of allylic oxidation sites excluding steroid dienone is 1. The molecular formula is C17H22N2O4. The van der Waals surface area contributed by atoms with Crippen molar-refractivity contribution < 1.29 is 19.1 Å². The van der Waals surface area contributed by atoms with Gasteiger partial charge in [-0.15, -0.1) is 6.58 Å². The van der Waals surface area contributed by atoms with Crippen LogP contribution in [0.4, 0.5) is 5.69 Å². The summed E-state index contributed by atoms with van der Waals surface area (Å²) in [5, 5.41) is 2.79. The molecule has 23 heavy (non-hydrogen) atoms. The average Bonchev–Trinajstić information content (AvgIpc) is 2.60. The summed E-state index contributed by atoms with van der Waals surface area (Å²) in [7, 11) is 0. The van der Waals surface area contributed by atoms with Crippen LogP contribution in [0, 0.1) is 0 Å². The van der Waals surface area contributed by atoms with E-state index in [-0.39, 0.29) is 18.4 Å². The maximum absolute atomic E-state index is 12.0. The Morgan fingerprint density at radius 2 is 1.96 bits per heavy atom. The highest BCUT2D eigenvalue weighted by atomic mass is 16.5. The number of carbonyl (C=O) groups excluding carboxylic acids is 2. The van der Waals surface area contributed by atoms with Gasteiger partial charge in [-0.05, 0) is 30.7 Å². The van der Waals surface area contributed by atoms with E-state index in [4.69, 9.17) is 9.47 Å². The van der Waals surface area contributed by atoms with Gasteiger partial charge in [0, 0.05) is 25.2 Å². The molecule has 1 aliphatic rings. The molecule has 124 valence electrons. The zero-order chi connectivity index (χ0) is 16.5. The Labute approximate surface area is 136 Å². The lowest BCUT2D eigenvalue weighted by Gasteiger charge is -2.26. The van der Waals surface area contributed by atoms with E-state index in [1.165, 1.54) is 0 Å². The molecule has 1 heterocycles. The molecule has 6 heteroatoms. The van der Waals surface area contributed by atoms with Crippen molar-refractivity contribution in [1.29, 1.82) is 0 Å². The van der Waals surface area contributed by atoms with Gasteiger partial charge in [-0.3, -0.25) is 9.59 Å². The number of ether oxygens (including phenoxy) is 2. The van der Waals surface area contributed by atoms with Gasteiger partial charge in [0.2, 0.25) is 5.91 Å². The van der Waals surface area contributed by atoms with Crippen molar-refractivity contribution in [3.05, 3.63) is 36.9 Å².